The predicted molar refractivity (Wildman–Crippen MR) is 72.0 cm³/mol. The van der Waals surface area contributed by atoms with Crippen molar-refractivity contribution in [1.82, 2.24) is 4.90 Å². The molecule has 17 heavy (non-hydrogen) atoms. The number of amides is 1. The van der Waals surface area contributed by atoms with Crippen molar-refractivity contribution in [2.45, 2.75) is 27.7 Å². The van der Waals surface area contributed by atoms with Gasteiger partial charge in [0.2, 0.25) is 0 Å². The van der Waals surface area contributed by atoms with Gasteiger partial charge in [0.05, 0.1) is 0 Å². The number of nitrogen functional groups attached to an aromatic ring is 1. The Labute approximate surface area is 104 Å². The van der Waals surface area contributed by atoms with Crippen molar-refractivity contribution in [3.05, 3.63) is 29.3 Å². The van der Waals surface area contributed by atoms with Gasteiger partial charge in [0.15, 0.2) is 0 Å². The molecule has 3 nitrogen and oxygen atoms in total. The van der Waals surface area contributed by atoms with Gasteiger partial charge < -0.3 is 10.6 Å². The van der Waals surface area contributed by atoms with Crippen LogP contribution in [0.5, 0.6) is 0 Å². The summed E-state index contributed by atoms with van der Waals surface area (Å²) in [6.07, 6.45) is 0. The molecule has 2 N–H and O–H groups in total. The number of nitrogens with two attached hydrogens (primary N) is 1. The quantitative estimate of drug-likeness (QED) is 0.814. The van der Waals surface area contributed by atoms with E-state index in [2.05, 4.69) is 13.8 Å². The summed E-state index contributed by atoms with van der Waals surface area (Å²) in [5, 5.41) is 0. The molecule has 94 valence electrons. The smallest absolute Gasteiger partial charge is 0.254 e. The molecular weight excluding hydrogens is 212 g/mol. The SMILES string of the molecule is CCN(CC(C)C)C(=O)c1cc(N)ccc1C. The van der Waals surface area contributed by atoms with Crippen LogP contribution in [0.3, 0.4) is 0 Å². The van der Waals surface area contributed by atoms with Crippen molar-refractivity contribution >= 4 is 11.6 Å². The van der Waals surface area contributed by atoms with E-state index in [0.717, 1.165) is 18.7 Å². The molecule has 0 bridgehead atoms. The predicted octanol–water partition coefficient (Wildman–Crippen LogP) is 2.70. The lowest BCUT2D eigenvalue weighted by Crippen LogP contribution is -2.34. The maximum Gasteiger partial charge on any atom is 0.254 e. The van der Waals surface area contributed by atoms with Crippen molar-refractivity contribution in [3.63, 3.8) is 0 Å². The van der Waals surface area contributed by atoms with Gasteiger partial charge in [0.1, 0.15) is 0 Å². The highest BCUT2D eigenvalue weighted by molar-refractivity contribution is 5.96. The first-order chi connectivity index (χ1) is 7.95. The first-order valence-electron chi connectivity index (χ1n) is 6.11. The number of carbonyl (C=O) groups is 1. The van der Waals surface area contributed by atoms with E-state index in [1.165, 1.54) is 0 Å². The topological polar surface area (TPSA) is 46.3 Å². The lowest BCUT2D eigenvalue weighted by atomic mass is 10.1. The lowest BCUT2D eigenvalue weighted by molar-refractivity contribution is 0.0745. The van der Waals surface area contributed by atoms with E-state index in [1.807, 2.05) is 30.9 Å². The first kappa shape index (κ1) is 13.6. The third kappa shape index (κ3) is 3.48. The number of carbonyl (C=O) groups excluding carboxylic acids is 1. The largest absolute Gasteiger partial charge is 0.399 e. The van der Waals surface area contributed by atoms with Gasteiger partial charge in [-0.2, -0.15) is 0 Å². The first-order valence-corrected chi connectivity index (χ1v) is 6.11. The summed E-state index contributed by atoms with van der Waals surface area (Å²) in [7, 11) is 0. The molecule has 0 atom stereocenters. The molecule has 0 saturated heterocycles. The maximum atomic E-state index is 12.4. The Balaban J connectivity index is 2.97. The van der Waals surface area contributed by atoms with Gasteiger partial charge in [-0.25, -0.2) is 0 Å². The van der Waals surface area contributed by atoms with Crippen molar-refractivity contribution in [2.24, 2.45) is 5.92 Å². The molecule has 0 aromatic heterocycles. The van der Waals surface area contributed by atoms with Crippen LogP contribution in [-0.4, -0.2) is 23.9 Å². The molecule has 0 spiro atoms. The molecule has 0 saturated carbocycles. The molecular formula is C14H22N2O. The minimum Gasteiger partial charge on any atom is -0.399 e. The molecule has 0 aliphatic rings. The number of hydrogen-bond donors (Lipinski definition) is 1. The third-order valence-corrected chi connectivity index (χ3v) is 2.75. The highest BCUT2D eigenvalue weighted by atomic mass is 16.2. The Kier molecular flexibility index (Phi) is 4.55. The van der Waals surface area contributed by atoms with Crippen LogP contribution in [-0.2, 0) is 0 Å². The van der Waals surface area contributed by atoms with E-state index < -0.39 is 0 Å². The Hall–Kier alpha value is -1.51. The van der Waals surface area contributed by atoms with Gasteiger partial charge in [-0.3, -0.25) is 4.79 Å². The number of aryl methyl sites for hydroxylation is 1. The van der Waals surface area contributed by atoms with E-state index >= 15 is 0 Å². The summed E-state index contributed by atoms with van der Waals surface area (Å²) < 4.78 is 0. The fraction of sp³-hybridized carbons (Fsp3) is 0.500. The number of nitrogens with zero attached hydrogens (tertiary/aromatic N) is 1. The van der Waals surface area contributed by atoms with Crippen molar-refractivity contribution in [2.75, 3.05) is 18.8 Å². The fourth-order valence-electron chi connectivity index (χ4n) is 1.84. The molecule has 0 unspecified atom stereocenters. The maximum absolute atomic E-state index is 12.4. The van der Waals surface area contributed by atoms with Crippen LogP contribution in [0, 0.1) is 12.8 Å². The van der Waals surface area contributed by atoms with Gasteiger partial charge >= 0.3 is 0 Å². The fourth-order valence-corrected chi connectivity index (χ4v) is 1.84. The van der Waals surface area contributed by atoms with Gasteiger partial charge in [-0.15, -0.1) is 0 Å². The zero-order valence-electron chi connectivity index (χ0n) is 11.2. The summed E-state index contributed by atoms with van der Waals surface area (Å²) in [5.74, 6) is 0.547. The zero-order chi connectivity index (χ0) is 13.0. The second kappa shape index (κ2) is 5.71. The van der Waals surface area contributed by atoms with E-state index in [1.54, 1.807) is 6.07 Å². The summed E-state index contributed by atoms with van der Waals surface area (Å²) in [5.41, 5.74) is 8.07. The van der Waals surface area contributed by atoms with Crippen LogP contribution < -0.4 is 5.73 Å². The van der Waals surface area contributed by atoms with Gasteiger partial charge in [-0.05, 0) is 37.5 Å². The van der Waals surface area contributed by atoms with E-state index in [4.69, 9.17) is 5.73 Å². The molecule has 0 aliphatic heterocycles. The van der Waals surface area contributed by atoms with Crippen LogP contribution in [0.25, 0.3) is 0 Å². The van der Waals surface area contributed by atoms with Crippen molar-refractivity contribution in [3.8, 4) is 0 Å². The Bertz CT molecular complexity index is 399. The molecule has 1 aromatic carbocycles. The van der Waals surface area contributed by atoms with Crippen LogP contribution in [0.2, 0.25) is 0 Å². The van der Waals surface area contributed by atoms with Crippen LogP contribution in [0.1, 0.15) is 36.7 Å². The third-order valence-electron chi connectivity index (χ3n) is 2.75. The zero-order valence-corrected chi connectivity index (χ0v) is 11.2. The average molecular weight is 234 g/mol. The van der Waals surface area contributed by atoms with Gasteiger partial charge in [0, 0.05) is 24.3 Å². The second-order valence-electron chi connectivity index (χ2n) is 4.81. The molecule has 0 fully saturated rings. The monoisotopic (exact) mass is 234 g/mol. The molecule has 1 rings (SSSR count). The second-order valence-corrected chi connectivity index (χ2v) is 4.81. The molecule has 1 aromatic rings. The molecule has 0 radical (unpaired) electrons. The lowest BCUT2D eigenvalue weighted by Gasteiger charge is -2.23. The van der Waals surface area contributed by atoms with Crippen LogP contribution >= 0.6 is 0 Å². The number of anilines is 1. The number of benzene rings is 1. The minimum absolute atomic E-state index is 0.0750. The molecule has 3 heteroatoms. The molecule has 0 heterocycles. The summed E-state index contributed by atoms with van der Waals surface area (Å²) >= 11 is 0. The van der Waals surface area contributed by atoms with E-state index in [9.17, 15) is 4.79 Å². The van der Waals surface area contributed by atoms with Crippen LogP contribution in [0.15, 0.2) is 18.2 Å². The van der Waals surface area contributed by atoms with Crippen molar-refractivity contribution in [1.29, 1.82) is 0 Å². The van der Waals surface area contributed by atoms with E-state index in [-0.39, 0.29) is 5.91 Å². The van der Waals surface area contributed by atoms with Crippen molar-refractivity contribution < 1.29 is 4.79 Å². The van der Waals surface area contributed by atoms with E-state index in [0.29, 0.717) is 17.2 Å². The summed E-state index contributed by atoms with van der Waals surface area (Å²) in [4.78, 5) is 14.2. The van der Waals surface area contributed by atoms with Gasteiger partial charge in [0.25, 0.3) is 5.91 Å². The highest BCUT2D eigenvalue weighted by Gasteiger charge is 2.17. The standard InChI is InChI=1S/C14H22N2O/c1-5-16(9-10(2)3)14(17)13-8-12(15)7-6-11(13)4/h6-8,10H,5,9,15H2,1-4H3. The number of hydrogen-bond acceptors (Lipinski definition) is 2. The average Bonchev–Trinajstić information content (AvgIpc) is 2.28. The Morgan fingerprint density at radius 3 is 2.59 bits per heavy atom. The number of rotatable bonds is 4. The molecule has 1 amide bonds. The Morgan fingerprint density at radius 2 is 2.06 bits per heavy atom. The van der Waals surface area contributed by atoms with Gasteiger partial charge in [-0.1, -0.05) is 19.9 Å². The minimum atomic E-state index is 0.0750. The van der Waals surface area contributed by atoms with Crippen LogP contribution in [0.4, 0.5) is 5.69 Å². The summed E-state index contributed by atoms with van der Waals surface area (Å²) in [6, 6.07) is 5.48. The summed E-state index contributed by atoms with van der Waals surface area (Å²) in [6.45, 7) is 9.68. The normalized spacial score (nSPS) is 10.6. The highest BCUT2D eigenvalue weighted by Crippen LogP contribution is 2.15. The Morgan fingerprint density at radius 1 is 1.41 bits per heavy atom. The molecule has 0 aliphatic carbocycles.